The fourth-order valence-corrected chi connectivity index (χ4v) is 2.59. The fourth-order valence-electron chi connectivity index (χ4n) is 2.59. The van der Waals surface area contributed by atoms with Crippen LogP contribution in [0.2, 0.25) is 0 Å². The van der Waals surface area contributed by atoms with Gasteiger partial charge in [0.05, 0.1) is 18.6 Å². The molecule has 0 radical (unpaired) electrons. The Labute approximate surface area is 134 Å². The molecule has 0 saturated carbocycles. The monoisotopic (exact) mass is 316 g/mol. The molecule has 0 heterocycles. The summed E-state index contributed by atoms with van der Waals surface area (Å²) < 4.78 is 4.65. The summed E-state index contributed by atoms with van der Waals surface area (Å²) in [6.07, 6.45) is 4.16. The molecule has 1 aromatic carbocycles. The Morgan fingerprint density at radius 2 is 1.83 bits per heavy atom. The Bertz CT molecular complexity index is 665. The first-order chi connectivity index (χ1) is 10.9. The van der Waals surface area contributed by atoms with Crippen LogP contribution in [0.4, 0.5) is 5.69 Å². The van der Waals surface area contributed by atoms with Crippen LogP contribution in [-0.4, -0.2) is 25.0 Å². The Morgan fingerprint density at radius 3 is 2.43 bits per heavy atom. The molecule has 1 N–H and O–H groups in total. The number of nitrogens with one attached hydrogen (secondary N) is 1. The molecule has 0 aromatic heterocycles. The van der Waals surface area contributed by atoms with Crippen molar-refractivity contribution in [3.8, 4) is 0 Å². The average Bonchev–Trinajstić information content (AvgIpc) is 2.56. The predicted octanol–water partition coefficient (Wildman–Crippen LogP) is 1.05. The maximum absolute atomic E-state index is 12.4. The van der Waals surface area contributed by atoms with Crippen molar-refractivity contribution in [2.24, 2.45) is 11.8 Å². The van der Waals surface area contributed by atoms with Crippen LogP contribution >= 0.6 is 0 Å². The Hall–Kier alpha value is -2.63. The van der Waals surface area contributed by atoms with Crippen molar-refractivity contribution in [2.45, 2.75) is 19.8 Å². The van der Waals surface area contributed by atoms with Crippen molar-refractivity contribution in [1.82, 2.24) is 0 Å². The molecule has 1 aliphatic carbocycles. The molecule has 0 fully saturated rings. The molecule has 0 saturated heterocycles. The zero-order valence-corrected chi connectivity index (χ0v) is 13.0. The third kappa shape index (κ3) is 3.77. The number of hydrogen-bond donors (Lipinski definition) is 1. The molecular weight excluding hydrogens is 298 g/mol. The topological polar surface area (TPSA) is 95.5 Å². The molecule has 2 atom stereocenters. The highest BCUT2D eigenvalue weighted by molar-refractivity contribution is 5.97. The highest BCUT2D eigenvalue weighted by atomic mass is 16.5. The molecule has 6 nitrogen and oxygen atoms in total. The molecule has 1 aliphatic rings. The quantitative estimate of drug-likeness (QED) is 0.662. The summed E-state index contributed by atoms with van der Waals surface area (Å²) in [5, 5.41) is 13.9. The second-order valence-corrected chi connectivity index (χ2v) is 5.49. The number of aliphatic carboxylic acids is 1. The Kier molecular flexibility index (Phi) is 5.16. The van der Waals surface area contributed by atoms with E-state index in [4.69, 9.17) is 0 Å². The molecule has 122 valence electrons. The van der Waals surface area contributed by atoms with E-state index in [9.17, 15) is 19.5 Å². The van der Waals surface area contributed by atoms with Crippen molar-refractivity contribution < 1.29 is 24.2 Å². The van der Waals surface area contributed by atoms with Gasteiger partial charge in [0, 0.05) is 17.6 Å². The van der Waals surface area contributed by atoms with E-state index < -0.39 is 29.7 Å². The number of ether oxygens (including phenoxy) is 1. The van der Waals surface area contributed by atoms with Gasteiger partial charge >= 0.3 is 5.97 Å². The summed E-state index contributed by atoms with van der Waals surface area (Å²) in [6.45, 7) is 1.79. The van der Waals surface area contributed by atoms with Crippen LogP contribution in [0.5, 0.6) is 0 Å². The van der Waals surface area contributed by atoms with Crippen molar-refractivity contribution in [1.29, 1.82) is 0 Å². The van der Waals surface area contributed by atoms with Gasteiger partial charge in [-0.15, -0.1) is 0 Å². The number of amides is 1. The summed E-state index contributed by atoms with van der Waals surface area (Å²) in [7, 11) is 1.28. The number of allylic oxidation sites excluding steroid dienone is 2. The highest BCUT2D eigenvalue weighted by Gasteiger charge is 2.30. The number of esters is 1. The first-order valence-electron chi connectivity index (χ1n) is 7.29. The molecule has 1 amide bonds. The van der Waals surface area contributed by atoms with Crippen molar-refractivity contribution >= 4 is 23.5 Å². The van der Waals surface area contributed by atoms with Crippen molar-refractivity contribution in [2.75, 3.05) is 12.4 Å². The first-order valence-corrected chi connectivity index (χ1v) is 7.29. The zero-order chi connectivity index (χ0) is 17.0. The van der Waals surface area contributed by atoms with Gasteiger partial charge in [-0.3, -0.25) is 4.79 Å². The lowest BCUT2D eigenvalue weighted by molar-refractivity contribution is -0.313. The molecule has 6 heteroatoms. The zero-order valence-electron chi connectivity index (χ0n) is 13.0. The van der Waals surface area contributed by atoms with Crippen LogP contribution in [-0.2, 0) is 14.3 Å². The van der Waals surface area contributed by atoms with Crippen LogP contribution < -0.4 is 10.4 Å². The smallest absolute Gasteiger partial charge is 0.337 e. The van der Waals surface area contributed by atoms with Crippen LogP contribution in [0, 0.1) is 18.8 Å². The summed E-state index contributed by atoms with van der Waals surface area (Å²) in [5.41, 5.74) is 1.54. The number of anilines is 1. The third-order valence-electron chi connectivity index (χ3n) is 3.99. The first kappa shape index (κ1) is 16.7. The number of aryl methyl sites for hydroxylation is 1. The van der Waals surface area contributed by atoms with E-state index >= 15 is 0 Å². The molecule has 1 aromatic rings. The fraction of sp³-hybridized carbons (Fsp3) is 0.353. The molecular formula is C17H18NO5-. The minimum absolute atomic E-state index is 0.279. The minimum Gasteiger partial charge on any atom is -0.550 e. The number of rotatable bonds is 4. The maximum atomic E-state index is 12.4. The van der Waals surface area contributed by atoms with Crippen molar-refractivity contribution in [3.63, 3.8) is 0 Å². The largest absolute Gasteiger partial charge is 0.550 e. The lowest BCUT2D eigenvalue weighted by Crippen LogP contribution is -2.41. The van der Waals surface area contributed by atoms with Crippen LogP contribution in [0.25, 0.3) is 0 Å². The summed E-state index contributed by atoms with van der Waals surface area (Å²) in [5.74, 6) is -3.66. The third-order valence-corrected chi connectivity index (χ3v) is 3.99. The van der Waals surface area contributed by atoms with Gasteiger partial charge < -0.3 is 20.0 Å². The van der Waals surface area contributed by atoms with E-state index in [1.165, 1.54) is 13.2 Å². The van der Waals surface area contributed by atoms with Gasteiger partial charge in [-0.05, 0) is 37.5 Å². The van der Waals surface area contributed by atoms with E-state index in [1.54, 1.807) is 31.2 Å². The van der Waals surface area contributed by atoms with Gasteiger partial charge in [-0.25, -0.2) is 4.79 Å². The number of carboxylic acids is 1. The van der Waals surface area contributed by atoms with Crippen LogP contribution in [0.15, 0.2) is 30.4 Å². The Balaban J connectivity index is 2.21. The normalized spacial score (nSPS) is 19.9. The molecule has 23 heavy (non-hydrogen) atoms. The van der Waals surface area contributed by atoms with Gasteiger partial charge in [0.2, 0.25) is 5.91 Å². The summed E-state index contributed by atoms with van der Waals surface area (Å²) >= 11 is 0. The number of carbonyl (C=O) groups excluding carboxylic acids is 3. The predicted molar refractivity (Wildman–Crippen MR) is 81.5 cm³/mol. The molecule has 0 aliphatic heterocycles. The van der Waals surface area contributed by atoms with Gasteiger partial charge in [-0.1, -0.05) is 18.2 Å². The number of hydrogen-bond acceptors (Lipinski definition) is 5. The Morgan fingerprint density at radius 1 is 1.17 bits per heavy atom. The van der Waals surface area contributed by atoms with Gasteiger partial charge in [0.25, 0.3) is 0 Å². The number of benzene rings is 1. The van der Waals surface area contributed by atoms with E-state index in [0.717, 1.165) is 5.56 Å². The highest BCUT2D eigenvalue weighted by Crippen LogP contribution is 2.27. The van der Waals surface area contributed by atoms with Gasteiger partial charge in [0.1, 0.15) is 0 Å². The van der Waals surface area contributed by atoms with Gasteiger partial charge in [-0.2, -0.15) is 0 Å². The van der Waals surface area contributed by atoms with E-state index in [0.29, 0.717) is 17.7 Å². The average molecular weight is 316 g/mol. The molecule has 0 bridgehead atoms. The summed E-state index contributed by atoms with van der Waals surface area (Å²) in [4.78, 5) is 35.2. The van der Waals surface area contributed by atoms with Crippen molar-refractivity contribution in [3.05, 3.63) is 41.5 Å². The lowest BCUT2D eigenvalue weighted by atomic mass is 9.82. The second-order valence-electron chi connectivity index (χ2n) is 5.49. The maximum Gasteiger partial charge on any atom is 0.337 e. The van der Waals surface area contributed by atoms with E-state index in [-0.39, 0.29) is 6.42 Å². The number of carboxylic acid groups (broad SMARTS) is 1. The molecule has 0 unspecified atom stereocenters. The van der Waals surface area contributed by atoms with Crippen LogP contribution in [0.1, 0.15) is 28.8 Å². The molecule has 2 rings (SSSR count). The van der Waals surface area contributed by atoms with Gasteiger partial charge in [0.15, 0.2) is 0 Å². The SMILES string of the molecule is COC(=O)c1ccc(C)c(NC(=O)[C@@H]2CC=CC[C@H]2C(=O)[O-])c1. The molecule has 0 spiro atoms. The van der Waals surface area contributed by atoms with E-state index in [2.05, 4.69) is 10.1 Å². The van der Waals surface area contributed by atoms with Crippen LogP contribution in [0.3, 0.4) is 0 Å². The van der Waals surface area contributed by atoms with E-state index in [1.807, 2.05) is 0 Å². The summed E-state index contributed by atoms with van der Waals surface area (Å²) in [6, 6.07) is 4.81. The number of methoxy groups -OCH3 is 1. The lowest BCUT2D eigenvalue weighted by Gasteiger charge is -2.28. The number of carbonyl (C=O) groups is 3. The second kappa shape index (κ2) is 7.09. The standard InChI is InChI=1S/C17H19NO5/c1-10-7-8-11(17(22)23-2)9-14(10)18-15(19)12-5-3-4-6-13(12)16(20)21/h3-4,7-9,12-13H,5-6H2,1-2H3,(H,18,19)(H,20,21)/p-1/t12-,13-/m1/s1. The minimum atomic E-state index is -1.23.